The fourth-order valence-electron chi connectivity index (χ4n) is 5.05. The highest BCUT2D eigenvalue weighted by molar-refractivity contribution is 5.84. The van der Waals surface area contributed by atoms with Gasteiger partial charge in [0.15, 0.2) is 0 Å². The number of carbonyl (C=O) groups is 3. The van der Waals surface area contributed by atoms with E-state index in [0.717, 1.165) is 26.2 Å². The maximum atomic E-state index is 12.9. The number of para-hydroxylation sites is 1. The van der Waals surface area contributed by atoms with E-state index in [1.807, 2.05) is 23.1 Å². The van der Waals surface area contributed by atoms with Crippen molar-refractivity contribution >= 4 is 23.4 Å². The van der Waals surface area contributed by atoms with E-state index in [1.165, 1.54) is 12.8 Å². The lowest BCUT2D eigenvalue weighted by molar-refractivity contribution is -0.132. The highest BCUT2D eigenvalue weighted by Gasteiger charge is 2.43. The molecule has 0 spiro atoms. The van der Waals surface area contributed by atoms with Gasteiger partial charge in [-0.05, 0) is 25.0 Å². The minimum absolute atomic E-state index is 0.00750. The van der Waals surface area contributed by atoms with Crippen molar-refractivity contribution in [2.45, 2.75) is 37.4 Å². The Kier molecular flexibility index (Phi) is 7.26. The lowest BCUT2D eigenvalue weighted by Gasteiger charge is -2.38. The summed E-state index contributed by atoms with van der Waals surface area (Å²) >= 11 is 0. The molecule has 0 aromatic heterocycles. The largest absolute Gasteiger partial charge is 0.375 e. The van der Waals surface area contributed by atoms with Crippen LogP contribution in [0.5, 0.6) is 0 Å². The lowest BCUT2D eigenvalue weighted by Crippen LogP contribution is -2.58. The molecule has 3 atom stereocenters. The van der Waals surface area contributed by atoms with E-state index >= 15 is 0 Å². The number of benzene rings is 1. The summed E-state index contributed by atoms with van der Waals surface area (Å²) in [6, 6.07) is 10.1. The molecule has 1 aromatic carbocycles. The van der Waals surface area contributed by atoms with Crippen molar-refractivity contribution in [3.8, 4) is 0 Å². The molecule has 4 rings (SSSR count). The van der Waals surface area contributed by atoms with Gasteiger partial charge >= 0.3 is 0 Å². The molecule has 3 aliphatic heterocycles. The molecule has 0 saturated carbocycles. The number of hydrogen-bond donors (Lipinski definition) is 2. The van der Waals surface area contributed by atoms with E-state index in [1.54, 1.807) is 0 Å². The molecular weight excluding hydrogens is 410 g/mol. The molecule has 2 N–H and O–H groups in total. The van der Waals surface area contributed by atoms with Crippen molar-refractivity contribution in [3.05, 3.63) is 30.3 Å². The molecule has 3 saturated heterocycles. The first-order valence-electron chi connectivity index (χ1n) is 11.4. The summed E-state index contributed by atoms with van der Waals surface area (Å²) < 4.78 is 4.88. The van der Waals surface area contributed by atoms with Crippen LogP contribution in [0, 0.1) is 0 Å². The van der Waals surface area contributed by atoms with Gasteiger partial charge in [-0.2, -0.15) is 0 Å². The SMILES string of the molecule is COCC(=O)NC1CC2C(=O)NCC(CCC(=O)N3CCN(c4ccccc4)CC3)N2C1. The van der Waals surface area contributed by atoms with E-state index in [2.05, 4.69) is 32.6 Å². The van der Waals surface area contributed by atoms with Crippen molar-refractivity contribution in [2.24, 2.45) is 0 Å². The van der Waals surface area contributed by atoms with E-state index in [0.29, 0.717) is 32.4 Å². The first kappa shape index (κ1) is 22.5. The molecule has 174 valence electrons. The van der Waals surface area contributed by atoms with Crippen molar-refractivity contribution in [3.63, 3.8) is 0 Å². The summed E-state index contributed by atoms with van der Waals surface area (Å²) in [5.74, 6) is 0.0162. The summed E-state index contributed by atoms with van der Waals surface area (Å²) in [7, 11) is 1.49. The third kappa shape index (κ3) is 5.21. The first-order chi connectivity index (χ1) is 15.5. The molecular formula is C23H33N5O4. The Hall–Kier alpha value is -2.65. The van der Waals surface area contributed by atoms with Gasteiger partial charge in [0.1, 0.15) is 6.61 Å². The van der Waals surface area contributed by atoms with Gasteiger partial charge in [-0.3, -0.25) is 19.3 Å². The molecule has 3 fully saturated rings. The zero-order valence-corrected chi connectivity index (χ0v) is 18.7. The fourth-order valence-corrected chi connectivity index (χ4v) is 5.05. The second-order valence-electron chi connectivity index (χ2n) is 8.79. The number of carbonyl (C=O) groups excluding carboxylic acids is 3. The maximum Gasteiger partial charge on any atom is 0.246 e. The number of anilines is 1. The van der Waals surface area contributed by atoms with Gasteiger partial charge in [-0.1, -0.05) is 18.2 Å². The van der Waals surface area contributed by atoms with Crippen molar-refractivity contribution in [1.82, 2.24) is 20.4 Å². The minimum Gasteiger partial charge on any atom is -0.375 e. The Labute approximate surface area is 189 Å². The third-order valence-corrected chi connectivity index (χ3v) is 6.71. The van der Waals surface area contributed by atoms with Crippen LogP contribution >= 0.6 is 0 Å². The molecule has 3 aliphatic rings. The number of nitrogens with zero attached hydrogens (tertiary/aromatic N) is 3. The average molecular weight is 444 g/mol. The molecule has 9 heteroatoms. The summed E-state index contributed by atoms with van der Waals surface area (Å²) in [6.07, 6.45) is 1.76. The normalized spacial score (nSPS) is 25.9. The van der Waals surface area contributed by atoms with E-state index in [-0.39, 0.29) is 42.5 Å². The highest BCUT2D eigenvalue weighted by atomic mass is 16.5. The van der Waals surface area contributed by atoms with Crippen molar-refractivity contribution < 1.29 is 19.1 Å². The number of rotatable bonds is 7. The average Bonchev–Trinajstić information content (AvgIpc) is 3.24. The van der Waals surface area contributed by atoms with Gasteiger partial charge in [-0.15, -0.1) is 0 Å². The smallest absolute Gasteiger partial charge is 0.246 e. The monoisotopic (exact) mass is 443 g/mol. The molecule has 3 unspecified atom stereocenters. The molecule has 3 heterocycles. The van der Waals surface area contributed by atoms with Crippen LogP contribution in [-0.2, 0) is 19.1 Å². The van der Waals surface area contributed by atoms with Gasteiger partial charge in [0.2, 0.25) is 17.7 Å². The number of methoxy groups -OCH3 is 1. The molecule has 3 amide bonds. The van der Waals surface area contributed by atoms with Gasteiger partial charge in [0.05, 0.1) is 6.04 Å². The summed E-state index contributed by atoms with van der Waals surface area (Å²) in [5.41, 5.74) is 1.20. The quantitative estimate of drug-likeness (QED) is 0.607. The van der Waals surface area contributed by atoms with Crippen LogP contribution in [0.3, 0.4) is 0 Å². The van der Waals surface area contributed by atoms with Crippen LogP contribution in [-0.4, -0.2) is 98.6 Å². The third-order valence-electron chi connectivity index (χ3n) is 6.71. The van der Waals surface area contributed by atoms with Gasteiger partial charge in [0, 0.05) is 70.6 Å². The molecule has 1 aromatic rings. The van der Waals surface area contributed by atoms with Crippen LogP contribution in [0.4, 0.5) is 5.69 Å². The van der Waals surface area contributed by atoms with E-state index in [4.69, 9.17) is 4.74 Å². The Bertz CT molecular complexity index is 812. The van der Waals surface area contributed by atoms with Crippen molar-refractivity contribution in [1.29, 1.82) is 0 Å². The molecule has 9 nitrogen and oxygen atoms in total. The zero-order valence-electron chi connectivity index (χ0n) is 18.7. The summed E-state index contributed by atoms with van der Waals surface area (Å²) in [5, 5.41) is 5.93. The van der Waals surface area contributed by atoms with Gasteiger partial charge in [0.25, 0.3) is 0 Å². The standard InChI is InChI=1S/C23H33N5O4/c1-32-16-21(29)25-17-13-20-23(31)24-14-19(28(20)15-17)7-8-22(30)27-11-9-26(10-12-27)18-5-3-2-4-6-18/h2-6,17,19-20H,7-16H2,1H3,(H,24,31)(H,25,29). The highest BCUT2D eigenvalue weighted by Crippen LogP contribution is 2.26. The molecule has 0 aliphatic carbocycles. The number of ether oxygens (including phenoxy) is 1. The van der Waals surface area contributed by atoms with Gasteiger partial charge < -0.3 is 25.2 Å². The number of piperazine rings is 2. The second kappa shape index (κ2) is 10.3. The fraction of sp³-hybridized carbons (Fsp3) is 0.609. The number of amides is 3. The van der Waals surface area contributed by atoms with Crippen LogP contribution in [0.25, 0.3) is 0 Å². The van der Waals surface area contributed by atoms with Crippen LogP contribution in [0.2, 0.25) is 0 Å². The maximum absolute atomic E-state index is 12.9. The molecule has 0 radical (unpaired) electrons. The van der Waals surface area contributed by atoms with Crippen LogP contribution in [0.1, 0.15) is 19.3 Å². The number of hydrogen-bond acceptors (Lipinski definition) is 6. The van der Waals surface area contributed by atoms with E-state index < -0.39 is 0 Å². The van der Waals surface area contributed by atoms with E-state index in [9.17, 15) is 14.4 Å². The van der Waals surface area contributed by atoms with Crippen LogP contribution < -0.4 is 15.5 Å². The Morgan fingerprint density at radius 3 is 2.62 bits per heavy atom. The predicted octanol–water partition coefficient (Wildman–Crippen LogP) is -0.181. The summed E-state index contributed by atoms with van der Waals surface area (Å²) in [6.45, 7) is 4.33. The first-order valence-corrected chi connectivity index (χ1v) is 11.4. The summed E-state index contributed by atoms with van der Waals surface area (Å²) in [4.78, 5) is 43.5. The second-order valence-corrected chi connectivity index (χ2v) is 8.79. The minimum atomic E-state index is -0.244. The Morgan fingerprint density at radius 2 is 1.91 bits per heavy atom. The number of fused-ring (bicyclic) bond motifs is 1. The lowest BCUT2D eigenvalue weighted by atomic mass is 10.0. The van der Waals surface area contributed by atoms with Crippen molar-refractivity contribution in [2.75, 3.05) is 57.9 Å². The molecule has 0 bridgehead atoms. The Balaban J connectivity index is 1.25. The zero-order chi connectivity index (χ0) is 22.5. The number of nitrogens with one attached hydrogen (secondary N) is 2. The topological polar surface area (TPSA) is 94.2 Å². The predicted molar refractivity (Wildman–Crippen MR) is 120 cm³/mol. The molecule has 32 heavy (non-hydrogen) atoms. The van der Waals surface area contributed by atoms with Gasteiger partial charge in [-0.25, -0.2) is 0 Å². The van der Waals surface area contributed by atoms with Crippen LogP contribution in [0.15, 0.2) is 30.3 Å². The Morgan fingerprint density at radius 1 is 1.16 bits per heavy atom.